The number of aromatic amines is 1. The maximum Gasteiger partial charge on any atom is 0.345 e. The number of nitrogens with one attached hydrogen (secondary N) is 1. The number of phenolic OH excluding ortho intramolecular Hbond substituents is 1. The van der Waals surface area contributed by atoms with Gasteiger partial charge >= 0.3 is 5.69 Å². The van der Waals surface area contributed by atoms with Crippen LogP contribution in [0.5, 0.6) is 5.75 Å². The van der Waals surface area contributed by atoms with E-state index in [1.54, 1.807) is 31.2 Å². The molecule has 0 fully saturated rings. The summed E-state index contributed by atoms with van der Waals surface area (Å²) in [5.74, 6) is 0.216. The summed E-state index contributed by atoms with van der Waals surface area (Å²) in [6.07, 6.45) is 0. The molecule has 2 radical (unpaired) electrons. The van der Waals surface area contributed by atoms with E-state index in [4.69, 9.17) is 7.85 Å². The van der Waals surface area contributed by atoms with Crippen molar-refractivity contribution in [2.45, 2.75) is 13.8 Å². The molecular formula is C18H15BN2O2. The Morgan fingerprint density at radius 3 is 2.52 bits per heavy atom. The van der Waals surface area contributed by atoms with Crippen molar-refractivity contribution in [2.75, 3.05) is 0 Å². The summed E-state index contributed by atoms with van der Waals surface area (Å²) in [7, 11) is 5.78. The summed E-state index contributed by atoms with van der Waals surface area (Å²) in [6.45, 7) is 3.74. The van der Waals surface area contributed by atoms with E-state index in [0.717, 1.165) is 22.3 Å². The molecule has 0 unspecified atom stereocenters. The Balaban J connectivity index is 2.16. The molecule has 2 N–H and O–H groups in total. The first-order valence-electron chi connectivity index (χ1n) is 7.22. The van der Waals surface area contributed by atoms with Gasteiger partial charge in [0.25, 0.3) is 0 Å². The lowest BCUT2D eigenvalue weighted by Gasteiger charge is -2.09. The number of H-pyrrole nitrogens is 1. The summed E-state index contributed by atoms with van der Waals surface area (Å²) in [6, 6.07) is 12.5. The molecule has 3 rings (SSSR count). The fourth-order valence-electron chi connectivity index (χ4n) is 2.55. The number of hydrogen-bond acceptors (Lipinski definition) is 3. The summed E-state index contributed by atoms with van der Waals surface area (Å²) in [4.78, 5) is 18.7. The van der Waals surface area contributed by atoms with Gasteiger partial charge in [0, 0.05) is 11.1 Å². The summed E-state index contributed by atoms with van der Waals surface area (Å²) < 4.78 is 0. The zero-order chi connectivity index (χ0) is 16.6. The van der Waals surface area contributed by atoms with Crippen molar-refractivity contribution < 1.29 is 5.11 Å². The van der Waals surface area contributed by atoms with E-state index in [1.165, 1.54) is 0 Å². The van der Waals surface area contributed by atoms with E-state index in [9.17, 15) is 9.90 Å². The highest BCUT2D eigenvalue weighted by Crippen LogP contribution is 2.26. The Kier molecular flexibility index (Phi) is 3.78. The molecule has 0 aliphatic heterocycles. The van der Waals surface area contributed by atoms with Crippen LogP contribution in [0.1, 0.15) is 11.1 Å². The maximum atomic E-state index is 11.9. The number of phenols is 1. The monoisotopic (exact) mass is 302 g/mol. The lowest BCUT2D eigenvalue weighted by Crippen LogP contribution is -2.12. The number of aromatic hydroxyl groups is 1. The first-order valence-corrected chi connectivity index (χ1v) is 7.22. The number of benzene rings is 2. The average Bonchev–Trinajstić information content (AvgIpc) is 2.49. The predicted molar refractivity (Wildman–Crippen MR) is 92.3 cm³/mol. The van der Waals surface area contributed by atoms with Crippen LogP contribution in [0.25, 0.3) is 22.5 Å². The van der Waals surface area contributed by atoms with Gasteiger partial charge in [-0.3, -0.25) is 0 Å². The van der Waals surface area contributed by atoms with E-state index in [1.807, 2.05) is 25.1 Å². The summed E-state index contributed by atoms with van der Waals surface area (Å²) in [5, 5.41) is 9.64. The van der Waals surface area contributed by atoms with E-state index in [0.29, 0.717) is 16.9 Å². The molecule has 0 amide bonds. The Hall–Kier alpha value is -2.82. The number of nitrogens with zero attached hydrogens (tertiary/aromatic N) is 1. The smallest absolute Gasteiger partial charge is 0.345 e. The zero-order valence-electron chi connectivity index (χ0n) is 12.9. The second-order valence-electron chi connectivity index (χ2n) is 5.56. The number of aryl methyl sites for hydroxylation is 2. The van der Waals surface area contributed by atoms with Crippen LogP contribution < -0.4 is 11.2 Å². The van der Waals surface area contributed by atoms with E-state index in [-0.39, 0.29) is 5.75 Å². The molecule has 0 atom stereocenters. The number of hydrogen-bond donors (Lipinski definition) is 2. The second kappa shape index (κ2) is 5.76. The third-order valence-electron chi connectivity index (χ3n) is 3.78. The molecule has 0 saturated heterocycles. The van der Waals surface area contributed by atoms with Crippen LogP contribution in [0, 0.1) is 13.8 Å². The topological polar surface area (TPSA) is 66.0 Å². The van der Waals surface area contributed by atoms with Crippen LogP contribution in [0.2, 0.25) is 0 Å². The van der Waals surface area contributed by atoms with Gasteiger partial charge in [-0.2, -0.15) is 4.98 Å². The van der Waals surface area contributed by atoms with Crippen LogP contribution in [-0.2, 0) is 0 Å². The van der Waals surface area contributed by atoms with Gasteiger partial charge in [0.15, 0.2) is 0 Å². The maximum absolute atomic E-state index is 11.9. The van der Waals surface area contributed by atoms with E-state index < -0.39 is 5.69 Å². The lowest BCUT2D eigenvalue weighted by molar-refractivity contribution is 0.471. The van der Waals surface area contributed by atoms with Gasteiger partial charge in [-0.15, -0.1) is 0 Å². The minimum Gasteiger partial charge on any atom is -0.508 e. The SMILES string of the molecule is [B]c1ccc(-c2cc(-c3ccc(O)c(C)c3)nc(=O)[nH]2)c(C)c1. The quantitative estimate of drug-likeness (QED) is 0.713. The normalized spacial score (nSPS) is 10.7. The van der Waals surface area contributed by atoms with E-state index >= 15 is 0 Å². The van der Waals surface area contributed by atoms with Gasteiger partial charge in [0.2, 0.25) is 0 Å². The Morgan fingerprint density at radius 1 is 1.04 bits per heavy atom. The van der Waals surface area contributed by atoms with Crippen molar-refractivity contribution in [3.05, 3.63) is 64.1 Å². The van der Waals surface area contributed by atoms with Crippen LogP contribution >= 0.6 is 0 Å². The second-order valence-corrected chi connectivity index (χ2v) is 5.56. The largest absolute Gasteiger partial charge is 0.508 e. The van der Waals surface area contributed by atoms with Gasteiger partial charge in [-0.05, 0) is 49.2 Å². The van der Waals surface area contributed by atoms with E-state index in [2.05, 4.69) is 9.97 Å². The number of rotatable bonds is 2. The molecule has 5 heteroatoms. The highest BCUT2D eigenvalue weighted by atomic mass is 16.3. The first-order chi connectivity index (χ1) is 10.9. The van der Waals surface area contributed by atoms with Crippen LogP contribution in [0.3, 0.4) is 0 Å². The number of aromatic nitrogens is 2. The molecule has 2 aromatic carbocycles. The van der Waals surface area contributed by atoms with Gasteiger partial charge < -0.3 is 10.1 Å². The molecule has 0 bridgehead atoms. The van der Waals surface area contributed by atoms with Crippen LogP contribution in [0.15, 0.2) is 47.3 Å². The van der Waals surface area contributed by atoms with Gasteiger partial charge in [0.05, 0.1) is 11.4 Å². The molecule has 0 aliphatic rings. The zero-order valence-corrected chi connectivity index (χ0v) is 12.9. The molecule has 112 valence electrons. The predicted octanol–water partition coefficient (Wildman–Crippen LogP) is 2.22. The molecule has 23 heavy (non-hydrogen) atoms. The summed E-state index contributed by atoms with van der Waals surface area (Å²) >= 11 is 0. The van der Waals surface area contributed by atoms with Crippen molar-refractivity contribution in [1.29, 1.82) is 0 Å². The molecule has 1 heterocycles. The van der Waals surface area contributed by atoms with Crippen molar-refractivity contribution >= 4 is 13.3 Å². The first kappa shape index (κ1) is 15.1. The van der Waals surface area contributed by atoms with Gasteiger partial charge in [-0.25, -0.2) is 4.79 Å². The third kappa shape index (κ3) is 3.04. The van der Waals surface area contributed by atoms with Crippen LogP contribution in [-0.4, -0.2) is 22.9 Å². The lowest BCUT2D eigenvalue weighted by atomic mass is 9.91. The minimum absolute atomic E-state index is 0.216. The Bertz CT molecular complexity index is 948. The highest BCUT2D eigenvalue weighted by Gasteiger charge is 2.09. The van der Waals surface area contributed by atoms with Crippen molar-refractivity contribution in [2.24, 2.45) is 0 Å². The molecule has 0 spiro atoms. The molecule has 0 aliphatic carbocycles. The van der Waals surface area contributed by atoms with Crippen molar-refractivity contribution in [3.63, 3.8) is 0 Å². The molecule has 3 aromatic rings. The average molecular weight is 302 g/mol. The van der Waals surface area contributed by atoms with Crippen molar-refractivity contribution in [3.8, 4) is 28.3 Å². The van der Waals surface area contributed by atoms with Gasteiger partial charge in [0.1, 0.15) is 13.6 Å². The standard InChI is InChI=1S/C18H15BN2O2/c1-10-8-13(19)4-5-14(10)16-9-15(20-18(23)21-16)12-3-6-17(22)11(2)7-12/h3-9,22H,1-2H3,(H,20,21,23). The molecule has 1 aromatic heterocycles. The highest BCUT2D eigenvalue weighted by molar-refractivity contribution is 6.32. The summed E-state index contributed by atoms with van der Waals surface area (Å²) in [5.41, 5.74) is 4.88. The fraction of sp³-hybridized carbons (Fsp3) is 0.111. The minimum atomic E-state index is -0.417. The third-order valence-corrected chi connectivity index (χ3v) is 3.78. The van der Waals surface area contributed by atoms with Crippen molar-refractivity contribution in [1.82, 2.24) is 9.97 Å². The molecule has 0 saturated carbocycles. The Labute approximate surface area is 135 Å². The van der Waals surface area contributed by atoms with Gasteiger partial charge in [-0.1, -0.05) is 23.7 Å². The fourth-order valence-corrected chi connectivity index (χ4v) is 2.55. The Morgan fingerprint density at radius 2 is 1.83 bits per heavy atom. The molecule has 4 nitrogen and oxygen atoms in total. The van der Waals surface area contributed by atoms with Crippen LogP contribution in [0.4, 0.5) is 0 Å². The molecular weight excluding hydrogens is 287 g/mol.